The minimum absolute atomic E-state index is 0.238. The summed E-state index contributed by atoms with van der Waals surface area (Å²) in [5, 5.41) is 2.94. The minimum atomic E-state index is -0.238. The fraction of sp³-hybridized carbons (Fsp3) is 0.385. The third-order valence-corrected chi connectivity index (χ3v) is 2.50. The topological polar surface area (TPSA) is 15.3 Å². The molecular weight excluding hydrogens is 203 g/mol. The number of hydrogen-bond donors (Lipinski definition) is 1. The Morgan fingerprint density at radius 1 is 1.50 bits per heavy atom. The first-order valence-corrected chi connectivity index (χ1v) is 5.26. The van der Waals surface area contributed by atoms with E-state index in [2.05, 4.69) is 11.2 Å². The van der Waals surface area contributed by atoms with Gasteiger partial charge in [-0.3, -0.25) is 0 Å². The van der Waals surface area contributed by atoms with Crippen LogP contribution in [0.5, 0.6) is 0 Å². The third-order valence-electron chi connectivity index (χ3n) is 2.50. The molecule has 1 aromatic rings. The molecule has 0 saturated carbocycles. The van der Waals surface area contributed by atoms with E-state index in [9.17, 15) is 4.39 Å². The molecule has 86 valence electrons. The zero-order valence-electron chi connectivity index (χ0n) is 9.92. The number of nitrogens with zero attached hydrogens (tertiary/aromatic N) is 1. The molecule has 0 aliphatic carbocycles. The SMILES string of the molecule is C#CCNc1ccc(N(C)C(C)C)c(F)c1. The molecule has 0 spiro atoms. The molecule has 0 fully saturated rings. The normalized spacial score (nSPS) is 10.0. The van der Waals surface area contributed by atoms with Gasteiger partial charge in [0.05, 0.1) is 12.2 Å². The molecule has 0 bridgehead atoms. The van der Waals surface area contributed by atoms with Crippen molar-refractivity contribution in [3.8, 4) is 12.3 Å². The maximum atomic E-state index is 13.8. The summed E-state index contributed by atoms with van der Waals surface area (Å²) in [5.74, 6) is 2.21. The monoisotopic (exact) mass is 220 g/mol. The van der Waals surface area contributed by atoms with Crippen LogP contribution in [-0.2, 0) is 0 Å². The molecule has 0 aliphatic heterocycles. The van der Waals surface area contributed by atoms with Crippen molar-refractivity contribution in [2.24, 2.45) is 0 Å². The molecule has 3 heteroatoms. The van der Waals surface area contributed by atoms with Crippen molar-refractivity contribution in [3.05, 3.63) is 24.0 Å². The number of hydrogen-bond acceptors (Lipinski definition) is 2. The van der Waals surface area contributed by atoms with E-state index in [1.165, 1.54) is 6.07 Å². The number of terminal acetylenes is 1. The van der Waals surface area contributed by atoms with E-state index in [-0.39, 0.29) is 11.9 Å². The highest BCUT2D eigenvalue weighted by molar-refractivity contribution is 5.56. The van der Waals surface area contributed by atoms with Crippen LogP contribution >= 0.6 is 0 Å². The molecule has 1 rings (SSSR count). The van der Waals surface area contributed by atoms with Crippen molar-refractivity contribution in [2.45, 2.75) is 19.9 Å². The third kappa shape index (κ3) is 2.90. The van der Waals surface area contributed by atoms with Crippen molar-refractivity contribution in [2.75, 3.05) is 23.8 Å². The highest BCUT2D eigenvalue weighted by Gasteiger charge is 2.10. The lowest BCUT2D eigenvalue weighted by atomic mass is 10.2. The summed E-state index contributed by atoms with van der Waals surface area (Å²) < 4.78 is 13.8. The Balaban J connectivity index is 2.88. The lowest BCUT2D eigenvalue weighted by Gasteiger charge is -2.24. The van der Waals surface area contributed by atoms with Crippen LogP contribution in [0.1, 0.15) is 13.8 Å². The van der Waals surface area contributed by atoms with Gasteiger partial charge in [0.15, 0.2) is 0 Å². The van der Waals surface area contributed by atoms with Crippen LogP contribution in [0.4, 0.5) is 15.8 Å². The van der Waals surface area contributed by atoms with Crippen LogP contribution in [0.3, 0.4) is 0 Å². The van der Waals surface area contributed by atoms with Crippen molar-refractivity contribution in [3.63, 3.8) is 0 Å². The van der Waals surface area contributed by atoms with Crippen LogP contribution < -0.4 is 10.2 Å². The van der Waals surface area contributed by atoms with E-state index in [4.69, 9.17) is 6.42 Å². The quantitative estimate of drug-likeness (QED) is 0.785. The molecule has 0 heterocycles. The summed E-state index contributed by atoms with van der Waals surface area (Å²) in [5.41, 5.74) is 1.30. The van der Waals surface area contributed by atoms with Gasteiger partial charge in [0.1, 0.15) is 5.82 Å². The van der Waals surface area contributed by atoms with Crippen LogP contribution in [0.25, 0.3) is 0 Å². The van der Waals surface area contributed by atoms with E-state index in [1.807, 2.05) is 31.9 Å². The van der Waals surface area contributed by atoms with Crippen LogP contribution in [0, 0.1) is 18.2 Å². The molecule has 16 heavy (non-hydrogen) atoms. The molecule has 0 aliphatic rings. The van der Waals surface area contributed by atoms with Gasteiger partial charge in [-0.1, -0.05) is 5.92 Å². The van der Waals surface area contributed by atoms with Gasteiger partial charge < -0.3 is 10.2 Å². The average Bonchev–Trinajstić information content (AvgIpc) is 2.25. The standard InChI is InChI=1S/C13H17FN2/c1-5-8-15-11-6-7-13(12(14)9-11)16(4)10(2)3/h1,6-7,9-10,15H,8H2,2-4H3. The molecule has 1 aromatic carbocycles. The van der Waals surface area contributed by atoms with Gasteiger partial charge in [-0.05, 0) is 32.0 Å². The molecule has 0 amide bonds. The van der Waals surface area contributed by atoms with Gasteiger partial charge in [0.25, 0.3) is 0 Å². The Kier molecular flexibility index (Phi) is 4.19. The Hall–Kier alpha value is -1.69. The first-order valence-electron chi connectivity index (χ1n) is 5.26. The van der Waals surface area contributed by atoms with Crippen LogP contribution in [0.15, 0.2) is 18.2 Å². The van der Waals surface area contributed by atoms with Gasteiger partial charge in [0.2, 0.25) is 0 Å². The van der Waals surface area contributed by atoms with Crippen molar-refractivity contribution in [1.29, 1.82) is 0 Å². The largest absolute Gasteiger partial charge is 0.374 e. The van der Waals surface area contributed by atoms with Crippen LogP contribution in [0.2, 0.25) is 0 Å². The Bertz CT molecular complexity index is 393. The highest BCUT2D eigenvalue weighted by Crippen LogP contribution is 2.23. The molecule has 0 unspecified atom stereocenters. The van der Waals surface area contributed by atoms with Gasteiger partial charge in [-0.2, -0.15) is 0 Å². The predicted octanol–water partition coefficient (Wildman–Crippen LogP) is 2.72. The fourth-order valence-corrected chi connectivity index (χ4v) is 1.33. The number of halogens is 1. The molecule has 1 N–H and O–H groups in total. The lowest BCUT2D eigenvalue weighted by Crippen LogP contribution is -2.26. The summed E-state index contributed by atoms with van der Waals surface area (Å²) in [6.07, 6.45) is 5.12. The maximum absolute atomic E-state index is 13.8. The molecule has 0 atom stereocenters. The summed E-state index contributed by atoms with van der Waals surface area (Å²) in [6, 6.07) is 5.31. The van der Waals surface area contributed by atoms with Crippen molar-refractivity contribution in [1.82, 2.24) is 0 Å². The zero-order chi connectivity index (χ0) is 12.1. The highest BCUT2D eigenvalue weighted by atomic mass is 19.1. The first-order chi connectivity index (χ1) is 7.56. The van der Waals surface area contributed by atoms with E-state index in [0.717, 1.165) is 0 Å². The van der Waals surface area contributed by atoms with Gasteiger partial charge in [-0.25, -0.2) is 4.39 Å². The predicted molar refractivity (Wildman–Crippen MR) is 67.3 cm³/mol. The summed E-state index contributed by atoms with van der Waals surface area (Å²) in [6.45, 7) is 4.44. The Morgan fingerprint density at radius 2 is 2.19 bits per heavy atom. The molecule has 2 nitrogen and oxygen atoms in total. The number of anilines is 2. The molecule has 0 radical (unpaired) electrons. The van der Waals surface area contributed by atoms with Crippen molar-refractivity contribution >= 4 is 11.4 Å². The van der Waals surface area contributed by atoms with Gasteiger partial charge in [0, 0.05) is 18.8 Å². The van der Waals surface area contributed by atoms with Crippen LogP contribution in [-0.4, -0.2) is 19.6 Å². The number of nitrogens with one attached hydrogen (secondary N) is 1. The Morgan fingerprint density at radius 3 is 2.69 bits per heavy atom. The molecule has 0 saturated heterocycles. The summed E-state index contributed by atoms with van der Waals surface area (Å²) in [4.78, 5) is 1.89. The minimum Gasteiger partial charge on any atom is -0.374 e. The average molecular weight is 220 g/mol. The van der Waals surface area contributed by atoms with E-state index < -0.39 is 0 Å². The number of benzene rings is 1. The number of rotatable bonds is 4. The maximum Gasteiger partial charge on any atom is 0.148 e. The van der Waals surface area contributed by atoms with E-state index >= 15 is 0 Å². The van der Waals surface area contributed by atoms with Gasteiger partial charge in [-0.15, -0.1) is 6.42 Å². The van der Waals surface area contributed by atoms with Crippen molar-refractivity contribution < 1.29 is 4.39 Å². The second-order valence-corrected chi connectivity index (χ2v) is 3.93. The smallest absolute Gasteiger partial charge is 0.148 e. The molecule has 0 aromatic heterocycles. The summed E-state index contributed by atoms with van der Waals surface area (Å²) in [7, 11) is 1.87. The summed E-state index contributed by atoms with van der Waals surface area (Å²) >= 11 is 0. The lowest BCUT2D eigenvalue weighted by molar-refractivity contribution is 0.614. The van der Waals surface area contributed by atoms with Gasteiger partial charge >= 0.3 is 0 Å². The van der Waals surface area contributed by atoms with E-state index in [0.29, 0.717) is 17.9 Å². The first kappa shape index (κ1) is 12.4. The zero-order valence-corrected chi connectivity index (χ0v) is 9.92. The molecular formula is C13H17FN2. The second-order valence-electron chi connectivity index (χ2n) is 3.93. The Labute approximate surface area is 96.5 Å². The van der Waals surface area contributed by atoms with E-state index in [1.54, 1.807) is 6.07 Å². The second kappa shape index (κ2) is 5.41. The fourth-order valence-electron chi connectivity index (χ4n) is 1.33.